The van der Waals surface area contributed by atoms with E-state index in [1.807, 2.05) is 26.0 Å². The predicted molar refractivity (Wildman–Crippen MR) is 123 cm³/mol. The monoisotopic (exact) mass is 415 g/mol. The Balaban J connectivity index is 1.52. The largest absolute Gasteiger partial charge is 0.369 e. The highest BCUT2D eigenvalue weighted by Crippen LogP contribution is 2.24. The molecule has 2 aromatic carbocycles. The van der Waals surface area contributed by atoms with Crippen LogP contribution in [0.15, 0.2) is 42.5 Å². The van der Waals surface area contributed by atoms with Crippen molar-refractivity contribution < 1.29 is 9.59 Å². The van der Waals surface area contributed by atoms with Crippen molar-refractivity contribution in [3.8, 4) is 6.07 Å². The molecule has 1 aromatic heterocycles. The van der Waals surface area contributed by atoms with Crippen LogP contribution in [0, 0.1) is 25.2 Å². The smallest absolute Gasteiger partial charge is 0.319 e. The van der Waals surface area contributed by atoms with Crippen LogP contribution in [-0.4, -0.2) is 29.9 Å². The van der Waals surface area contributed by atoms with Crippen molar-refractivity contribution in [3.63, 3.8) is 0 Å². The number of hydrogen-bond acceptors (Lipinski definition) is 5. The van der Waals surface area contributed by atoms with Gasteiger partial charge in [-0.3, -0.25) is 4.79 Å². The van der Waals surface area contributed by atoms with E-state index in [0.717, 1.165) is 22.0 Å². The highest BCUT2D eigenvalue weighted by molar-refractivity contribution is 5.96. The number of hydrogen-bond donors (Lipinski definition) is 3. The number of urea groups is 1. The molecule has 0 aliphatic heterocycles. The van der Waals surface area contributed by atoms with Gasteiger partial charge in [0.1, 0.15) is 11.9 Å². The Bertz CT molecular complexity index is 1180. The van der Waals surface area contributed by atoms with E-state index in [2.05, 4.69) is 33.1 Å². The Morgan fingerprint density at radius 2 is 1.90 bits per heavy atom. The van der Waals surface area contributed by atoms with Crippen LogP contribution < -0.4 is 16.0 Å². The number of pyridine rings is 1. The highest BCUT2D eigenvalue weighted by Gasteiger charge is 2.09. The Morgan fingerprint density at radius 1 is 1.10 bits per heavy atom. The standard InChI is InChI=1S/C24H25N5O2/c1-15-10-16(2)21-13-19(14-25)23(29-22(21)11-15)26-8-5-9-27-24(31)28-20-7-4-6-18(12-20)17(3)30/h4,6-7,10-13H,5,8-9H2,1-3H3,(H,26,29)(H2,27,28,31). The molecule has 7 nitrogen and oxygen atoms in total. The summed E-state index contributed by atoms with van der Waals surface area (Å²) < 4.78 is 0. The summed E-state index contributed by atoms with van der Waals surface area (Å²) in [6, 6.07) is 14.6. The SMILES string of the molecule is CC(=O)c1cccc(NC(=O)NCCCNc2nc3cc(C)cc(C)c3cc2C#N)c1. The van der Waals surface area contributed by atoms with Gasteiger partial charge < -0.3 is 16.0 Å². The molecule has 3 rings (SSSR count). The topological polar surface area (TPSA) is 107 Å². The number of ketones is 1. The number of aryl methyl sites for hydroxylation is 2. The summed E-state index contributed by atoms with van der Waals surface area (Å²) in [5, 5.41) is 19.1. The quantitative estimate of drug-likeness (QED) is 0.388. The molecule has 0 aliphatic rings. The van der Waals surface area contributed by atoms with Crippen LogP contribution in [0.5, 0.6) is 0 Å². The number of nitrogens with one attached hydrogen (secondary N) is 3. The molecule has 0 radical (unpaired) electrons. The van der Waals surface area contributed by atoms with Crippen molar-refractivity contribution in [1.82, 2.24) is 10.3 Å². The fourth-order valence-corrected chi connectivity index (χ4v) is 3.34. The zero-order chi connectivity index (χ0) is 22.4. The number of aromatic nitrogens is 1. The number of carbonyl (C=O) groups is 2. The predicted octanol–water partition coefficient (Wildman–Crippen LogP) is 4.55. The molecule has 1 heterocycles. The second-order valence-electron chi connectivity index (χ2n) is 7.44. The molecular weight excluding hydrogens is 390 g/mol. The second-order valence-corrected chi connectivity index (χ2v) is 7.44. The lowest BCUT2D eigenvalue weighted by Gasteiger charge is -2.11. The minimum Gasteiger partial charge on any atom is -0.369 e. The van der Waals surface area contributed by atoms with Gasteiger partial charge in [-0.25, -0.2) is 9.78 Å². The van der Waals surface area contributed by atoms with Gasteiger partial charge in [-0.15, -0.1) is 0 Å². The molecule has 0 fully saturated rings. The highest BCUT2D eigenvalue weighted by atomic mass is 16.2. The number of benzene rings is 2. The van der Waals surface area contributed by atoms with Gasteiger partial charge >= 0.3 is 6.03 Å². The van der Waals surface area contributed by atoms with E-state index in [1.54, 1.807) is 24.3 Å². The van der Waals surface area contributed by atoms with Gasteiger partial charge in [0.2, 0.25) is 0 Å². The van der Waals surface area contributed by atoms with Crippen molar-refractivity contribution >= 4 is 34.2 Å². The number of rotatable bonds is 7. The Hall–Kier alpha value is -3.92. The van der Waals surface area contributed by atoms with Crippen molar-refractivity contribution in [2.45, 2.75) is 27.2 Å². The summed E-state index contributed by atoms with van der Waals surface area (Å²) in [5.74, 6) is 0.491. The van der Waals surface area contributed by atoms with E-state index in [-0.39, 0.29) is 11.8 Å². The lowest BCUT2D eigenvalue weighted by atomic mass is 10.0. The molecule has 158 valence electrons. The number of Topliss-reactive ketones (excluding diaryl/α,β-unsaturated/α-hetero) is 1. The molecule has 0 bridgehead atoms. The van der Waals surface area contributed by atoms with E-state index >= 15 is 0 Å². The first kappa shape index (κ1) is 21.8. The van der Waals surface area contributed by atoms with Gasteiger partial charge in [-0.2, -0.15) is 5.26 Å². The van der Waals surface area contributed by atoms with Crippen molar-refractivity contribution in [2.24, 2.45) is 0 Å². The number of nitrogens with zero attached hydrogens (tertiary/aromatic N) is 2. The molecule has 3 aromatic rings. The molecule has 7 heteroatoms. The van der Waals surface area contributed by atoms with Gasteiger partial charge in [-0.1, -0.05) is 18.2 Å². The van der Waals surface area contributed by atoms with Crippen LogP contribution in [0.25, 0.3) is 10.9 Å². The maximum absolute atomic E-state index is 12.1. The molecule has 0 saturated carbocycles. The van der Waals surface area contributed by atoms with Gasteiger partial charge in [-0.05, 0) is 62.6 Å². The lowest BCUT2D eigenvalue weighted by Crippen LogP contribution is -2.30. The normalized spacial score (nSPS) is 10.4. The van der Waals surface area contributed by atoms with E-state index in [9.17, 15) is 14.9 Å². The zero-order valence-electron chi connectivity index (χ0n) is 17.9. The molecule has 0 atom stereocenters. The first-order valence-electron chi connectivity index (χ1n) is 10.1. The summed E-state index contributed by atoms with van der Waals surface area (Å²) >= 11 is 0. The number of nitriles is 1. The molecule has 2 amide bonds. The van der Waals surface area contributed by atoms with Crippen molar-refractivity contribution in [1.29, 1.82) is 5.26 Å². The van der Waals surface area contributed by atoms with Gasteiger partial charge in [0.05, 0.1) is 11.1 Å². The van der Waals surface area contributed by atoms with Crippen LogP contribution in [0.2, 0.25) is 0 Å². The summed E-state index contributed by atoms with van der Waals surface area (Å²) in [6.45, 7) is 6.51. The van der Waals surface area contributed by atoms with Crippen LogP contribution in [0.4, 0.5) is 16.3 Å². The average molecular weight is 415 g/mol. The van der Waals surface area contributed by atoms with E-state index in [0.29, 0.717) is 42.1 Å². The van der Waals surface area contributed by atoms with E-state index in [1.165, 1.54) is 6.92 Å². The van der Waals surface area contributed by atoms with Crippen LogP contribution in [0.3, 0.4) is 0 Å². The Morgan fingerprint density at radius 3 is 2.65 bits per heavy atom. The number of fused-ring (bicyclic) bond motifs is 1. The number of anilines is 2. The number of carbonyl (C=O) groups excluding carboxylic acids is 2. The Labute approximate surface area is 181 Å². The molecular formula is C24H25N5O2. The zero-order valence-corrected chi connectivity index (χ0v) is 17.9. The maximum atomic E-state index is 12.1. The molecule has 0 aliphatic carbocycles. The van der Waals surface area contributed by atoms with Crippen LogP contribution >= 0.6 is 0 Å². The number of amides is 2. The van der Waals surface area contributed by atoms with Gasteiger partial charge in [0, 0.05) is 29.7 Å². The van der Waals surface area contributed by atoms with Crippen molar-refractivity contribution in [3.05, 3.63) is 64.7 Å². The minimum atomic E-state index is -0.340. The minimum absolute atomic E-state index is 0.0560. The summed E-state index contributed by atoms with van der Waals surface area (Å²) in [5.41, 5.74) is 4.67. The third-order valence-electron chi connectivity index (χ3n) is 4.86. The van der Waals surface area contributed by atoms with E-state index in [4.69, 9.17) is 0 Å². The summed E-state index contributed by atoms with van der Waals surface area (Å²) in [4.78, 5) is 28.1. The molecule has 31 heavy (non-hydrogen) atoms. The Kier molecular flexibility index (Phi) is 6.83. The van der Waals surface area contributed by atoms with E-state index < -0.39 is 0 Å². The van der Waals surface area contributed by atoms with Gasteiger partial charge in [0.15, 0.2) is 5.78 Å². The first-order chi connectivity index (χ1) is 14.9. The first-order valence-corrected chi connectivity index (χ1v) is 10.1. The molecule has 0 spiro atoms. The fraction of sp³-hybridized carbons (Fsp3) is 0.250. The maximum Gasteiger partial charge on any atom is 0.319 e. The third-order valence-corrected chi connectivity index (χ3v) is 4.86. The fourth-order valence-electron chi connectivity index (χ4n) is 3.34. The molecule has 0 saturated heterocycles. The second kappa shape index (κ2) is 9.72. The van der Waals surface area contributed by atoms with Crippen LogP contribution in [0.1, 0.15) is 40.4 Å². The lowest BCUT2D eigenvalue weighted by molar-refractivity contribution is 0.101. The molecule has 0 unspecified atom stereocenters. The van der Waals surface area contributed by atoms with Gasteiger partial charge in [0.25, 0.3) is 0 Å². The van der Waals surface area contributed by atoms with Crippen molar-refractivity contribution in [2.75, 3.05) is 23.7 Å². The molecule has 3 N–H and O–H groups in total. The van der Waals surface area contributed by atoms with Crippen LogP contribution in [-0.2, 0) is 0 Å². The third kappa shape index (κ3) is 5.58. The summed E-state index contributed by atoms with van der Waals surface area (Å²) in [6.07, 6.45) is 0.651. The average Bonchev–Trinajstić information content (AvgIpc) is 2.73. The summed E-state index contributed by atoms with van der Waals surface area (Å²) in [7, 11) is 0.